The fourth-order valence-electron chi connectivity index (χ4n) is 10.8. The van der Waals surface area contributed by atoms with Gasteiger partial charge in [-0.05, 0) is 111 Å². The summed E-state index contributed by atoms with van der Waals surface area (Å²) in [6.07, 6.45) is 19.9. The van der Waals surface area contributed by atoms with Gasteiger partial charge in [0.05, 0.1) is 11.4 Å². The SMILES string of the molecule is CC(C)(C)c1ccc2c(c1)N(C1=C3C4=CCCC=C4OC3CC=C1)c1cc(C(C)(C)C)cc3c1B2c1cccc2c4c(n-3c12)C1=CCCC=C1C4(C)C. The number of anilines is 2. The van der Waals surface area contributed by atoms with E-state index in [0.29, 0.717) is 0 Å². The van der Waals surface area contributed by atoms with Gasteiger partial charge in [0.2, 0.25) is 0 Å². The average molecular weight is 693 g/mol. The second-order valence-corrected chi connectivity index (χ2v) is 19.0. The molecule has 7 aliphatic rings. The maximum Gasteiger partial charge on any atom is 0.252 e. The molecule has 4 heteroatoms. The van der Waals surface area contributed by atoms with Crippen LogP contribution < -0.4 is 21.3 Å². The molecule has 0 N–H and O–H groups in total. The van der Waals surface area contributed by atoms with Gasteiger partial charge in [0.1, 0.15) is 11.9 Å². The van der Waals surface area contributed by atoms with Gasteiger partial charge < -0.3 is 14.2 Å². The zero-order valence-corrected chi connectivity index (χ0v) is 32.6. The summed E-state index contributed by atoms with van der Waals surface area (Å²) in [4.78, 5) is 2.67. The van der Waals surface area contributed by atoms with Crippen molar-refractivity contribution in [2.45, 2.75) is 110 Å². The quantitative estimate of drug-likeness (QED) is 0.163. The van der Waals surface area contributed by atoms with Crippen molar-refractivity contribution >= 4 is 51.0 Å². The van der Waals surface area contributed by atoms with Crippen LogP contribution in [0.5, 0.6) is 0 Å². The minimum atomic E-state index is -0.0598. The molecule has 11 rings (SSSR count). The van der Waals surface area contributed by atoms with Crippen molar-refractivity contribution in [3.05, 3.63) is 136 Å². The molecule has 3 nitrogen and oxygen atoms in total. The molecule has 53 heavy (non-hydrogen) atoms. The lowest BCUT2D eigenvalue weighted by Crippen LogP contribution is -2.61. The Labute approximate surface area is 315 Å². The summed E-state index contributed by atoms with van der Waals surface area (Å²) in [5, 5.41) is 1.41. The van der Waals surface area contributed by atoms with Gasteiger partial charge in [-0.25, -0.2) is 0 Å². The molecule has 4 heterocycles. The normalized spacial score (nSPS) is 21.5. The van der Waals surface area contributed by atoms with Crippen molar-refractivity contribution in [2.24, 2.45) is 0 Å². The number of para-hydroxylation sites is 1. The van der Waals surface area contributed by atoms with Gasteiger partial charge >= 0.3 is 0 Å². The topological polar surface area (TPSA) is 17.4 Å². The second kappa shape index (κ2) is 10.3. The van der Waals surface area contributed by atoms with E-state index in [9.17, 15) is 0 Å². The van der Waals surface area contributed by atoms with Crippen LogP contribution in [0.25, 0.3) is 22.2 Å². The van der Waals surface area contributed by atoms with Crippen LogP contribution in [0.1, 0.15) is 110 Å². The van der Waals surface area contributed by atoms with Crippen molar-refractivity contribution in [3.63, 3.8) is 0 Å². The maximum atomic E-state index is 6.74. The molecule has 1 unspecified atom stereocenters. The van der Waals surface area contributed by atoms with E-state index in [0.717, 1.165) is 37.9 Å². The maximum absolute atomic E-state index is 6.74. The number of aromatic nitrogens is 1. The minimum Gasteiger partial charge on any atom is -0.485 e. The largest absolute Gasteiger partial charge is 0.485 e. The molecular formula is C49H49BN2O. The Kier molecular flexibility index (Phi) is 6.17. The van der Waals surface area contributed by atoms with Crippen molar-refractivity contribution in [3.8, 4) is 5.69 Å². The molecule has 3 aliphatic heterocycles. The number of fused-ring (bicyclic) bond motifs is 12. The van der Waals surface area contributed by atoms with Crippen molar-refractivity contribution in [1.29, 1.82) is 0 Å². The molecule has 4 aromatic rings. The molecule has 0 bridgehead atoms. The smallest absolute Gasteiger partial charge is 0.252 e. The number of ether oxygens (including phenoxy) is 1. The molecule has 4 aliphatic carbocycles. The Bertz CT molecular complexity index is 2560. The summed E-state index contributed by atoms with van der Waals surface area (Å²) in [7, 11) is 0. The lowest BCUT2D eigenvalue weighted by molar-refractivity contribution is 0.182. The Hall–Kier alpha value is -4.70. The first kappa shape index (κ1) is 31.8. The number of hydrogen-bond donors (Lipinski definition) is 0. The van der Waals surface area contributed by atoms with Gasteiger partial charge in [0.15, 0.2) is 0 Å². The molecule has 264 valence electrons. The number of benzene rings is 3. The minimum absolute atomic E-state index is 0.00697. The molecule has 0 radical (unpaired) electrons. The predicted octanol–water partition coefficient (Wildman–Crippen LogP) is 10.1. The molecule has 3 aromatic carbocycles. The highest BCUT2D eigenvalue weighted by Gasteiger charge is 2.49. The van der Waals surface area contributed by atoms with Crippen LogP contribution in [-0.4, -0.2) is 17.4 Å². The van der Waals surface area contributed by atoms with E-state index in [1.807, 2.05) is 0 Å². The lowest BCUT2D eigenvalue weighted by Gasteiger charge is -2.43. The Balaban J connectivity index is 1.30. The van der Waals surface area contributed by atoms with Crippen LogP contribution in [0.15, 0.2) is 113 Å². The van der Waals surface area contributed by atoms with E-state index in [4.69, 9.17) is 4.74 Å². The molecule has 1 fully saturated rings. The van der Waals surface area contributed by atoms with E-state index in [-0.39, 0.29) is 29.1 Å². The molecule has 1 aromatic heterocycles. The highest BCUT2D eigenvalue weighted by molar-refractivity contribution is 7.00. The molecule has 1 saturated heterocycles. The first-order valence-corrected chi connectivity index (χ1v) is 20.0. The van der Waals surface area contributed by atoms with E-state index in [1.54, 1.807) is 0 Å². The van der Waals surface area contributed by atoms with Gasteiger partial charge in [0, 0.05) is 50.9 Å². The Morgan fingerprint density at radius 3 is 2.26 bits per heavy atom. The zero-order valence-electron chi connectivity index (χ0n) is 32.6. The highest BCUT2D eigenvalue weighted by Crippen LogP contribution is 2.56. The zero-order chi connectivity index (χ0) is 36.3. The summed E-state index contributed by atoms with van der Waals surface area (Å²) < 4.78 is 9.46. The summed E-state index contributed by atoms with van der Waals surface area (Å²) in [5.74, 6) is 1.08. The third kappa shape index (κ3) is 4.08. The molecule has 1 atom stereocenters. The van der Waals surface area contributed by atoms with Crippen LogP contribution in [0, 0.1) is 0 Å². The van der Waals surface area contributed by atoms with Crippen LogP contribution in [0.2, 0.25) is 0 Å². The fourth-order valence-corrected chi connectivity index (χ4v) is 10.8. The molecule has 0 spiro atoms. The fraction of sp³-hybridized carbons (Fsp3) is 0.347. The van der Waals surface area contributed by atoms with E-state index < -0.39 is 0 Å². The van der Waals surface area contributed by atoms with E-state index in [1.165, 1.54) is 94.7 Å². The highest BCUT2D eigenvalue weighted by atomic mass is 16.5. The molecule has 0 amide bonds. The molecular weight excluding hydrogens is 643 g/mol. The summed E-state index contributed by atoms with van der Waals surface area (Å²) in [5.41, 5.74) is 22.0. The lowest BCUT2D eigenvalue weighted by atomic mass is 9.33. The van der Waals surface area contributed by atoms with E-state index >= 15 is 0 Å². The number of allylic oxidation sites excluding steroid dienone is 8. The van der Waals surface area contributed by atoms with Gasteiger partial charge in [-0.2, -0.15) is 0 Å². The van der Waals surface area contributed by atoms with Crippen LogP contribution in [-0.2, 0) is 21.0 Å². The standard InChI is InChI=1S/C49H49BN2O/c1-47(2,3)28-23-24-34-37(25-28)51(36-20-14-22-41-42(36)31-16-10-12-21-40(31)53-41)38-26-29(48(4,5)6)27-39-44(38)50(34)35-19-13-17-32-43-46(52(39)45(32)35)30-15-9-11-18-33(30)49(43,7)8/h13-21,23-27,41H,9-12,22H2,1-8H3. The van der Waals surface area contributed by atoms with Gasteiger partial charge in [-0.1, -0.05) is 110 Å². The summed E-state index contributed by atoms with van der Waals surface area (Å²) in [6.45, 7) is 19.2. The Morgan fingerprint density at radius 2 is 1.47 bits per heavy atom. The monoisotopic (exact) mass is 692 g/mol. The third-order valence-electron chi connectivity index (χ3n) is 13.4. The predicted molar refractivity (Wildman–Crippen MR) is 223 cm³/mol. The van der Waals surface area contributed by atoms with Crippen molar-refractivity contribution in [2.75, 3.05) is 4.90 Å². The summed E-state index contributed by atoms with van der Waals surface area (Å²) in [6, 6.07) is 19.7. The van der Waals surface area contributed by atoms with Crippen LogP contribution >= 0.6 is 0 Å². The molecule has 0 saturated carbocycles. The third-order valence-corrected chi connectivity index (χ3v) is 13.4. The number of hydrogen-bond acceptors (Lipinski definition) is 2. The average Bonchev–Trinajstić information content (AvgIpc) is 3.76. The second-order valence-electron chi connectivity index (χ2n) is 19.0. The van der Waals surface area contributed by atoms with Gasteiger partial charge in [0.25, 0.3) is 6.71 Å². The van der Waals surface area contributed by atoms with Crippen LogP contribution in [0.4, 0.5) is 11.4 Å². The van der Waals surface area contributed by atoms with E-state index in [2.05, 4.69) is 150 Å². The number of rotatable bonds is 1. The Morgan fingerprint density at radius 1 is 0.755 bits per heavy atom. The van der Waals surface area contributed by atoms with Crippen molar-refractivity contribution < 1.29 is 4.74 Å². The van der Waals surface area contributed by atoms with Crippen molar-refractivity contribution in [1.82, 2.24) is 4.57 Å². The number of nitrogens with zero attached hydrogens (tertiary/aromatic N) is 2. The first-order chi connectivity index (χ1) is 25.3. The summed E-state index contributed by atoms with van der Waals surface area (Å²) >= 11 is 0. The van der Waals surface area contributed by atoms with Crippen LogP contribution in [0.3, 0.4) is 0 Å². The van der Waals surface area contributed by atoms with Gasteiger partial charge in [-0.15, -0.1) is 0 Å². The van der Waals surface area contributed by atoms with Gasteiger partial charge in [-0.3, -0.25) is 0 Å². The first-order valence-electron chi connectivity index (χ1n) is 20.0.